The first-order valence-electron chi connectivity index (χ1n) is 5.32. The minimum Gasteiger partial charge on any atom is -0.396 e. The van der Waals surface area contributed by atoms with Crippen molar-refractivity contribution in [1.82, 2.24) is 0 Å². The molecule has 0 atom stereocenters. The second kappa shape index (κ2) is 5.26. The van der Waals surface area contributed by atoms with Gasteiger partial charge in [0.1, 0.15) is 16.5 Å². The molecule has 20 heavy (non-hydrogen) atoms. The third-order valence-corrected chi connectivity index (χ3v) is 4.08. The molecule has 3 N–H and O–H groups in total. The quantitative estimate of drug-likeness (QED) is 0.854. The van der Waals surface area contributed by atoms with E-state index >= 15 is 0 Å². The maximum Gasteiger partial charge on any atom is 0.264 e. The molecule has 0 saturated heterocycles. The molecule has 0 spiro atoms. The van der Waals surface area contributed by atoms with Crippen LogP contribution in [0.3, 0.4) is 0 Å². The minimum absolute atomic E-state index is 0.0262. The molecule has 2 rings (SSSR count). The highest BCUT2D eigenvalue weighted by molar-refractivity contribution is 7.92. The smallest absolute Gasteiger partial charge is 0.264 e. The molecule has 2 aromatic rings. The standard InChI is InChI=1S/C12H9ClF2N2O2S/c13-7-1-4-12(10(15)5-7)20(18,19)17-8-2-3-9(14)11(16)6-8/h1-6,17H,16H2. The highest BCUT2D eigenvalue weighted by Crippen LogP contribution is 2.23. The molecular weight excluding hydrogens is 310 g/mol. The lowest BCUT2D eigenvalue weighted by atomic mass is 10.3. The summed E-state index contributed by atoms with van der Waals surface area (Å²) in [6.07, 6.45) is 0. The summed E-state index contributed by atoms with van der Waals surface area (Å²) < 4.78 is 52.7. The zero-order chi connectivity index (χ0) is 14.9. The summed E-state index contributed by atoms with van der Waals surface area (Å²) in [7, 11) is -4.15. The van der Waals surface area contributed by atoms with Gasteiger partial charge in [-0.25, -0.2) is 17.2 Å². The number of nitrogen functional groups attached to an aromatic ring is 1. The van der Waals surface area contributed by atoms with Gasteiger partial charge >= 0.3 is 0 Å². The lowest BCUT2D eigenvalue weighted by Crippen LogP contribution is -2.14. The van der Waals surface area contributed by atoms with Gasteiger partial charge in [-0.3, -0.25) is 4.72 Å². The normalized spacial score (nSPS) is 11.3. The minimum atomic E-state index is -4.15. The van der Waals surface area contributed by atoms with Crippen molar-refractivity contribution in [2.24, 2.45) is 0 Å². The Morgan fingerprint density at radius 1 is 1.05 bits per heavy atom. The average molecular weight is 319 g/mol. The molecule has 4 nitrogen and oxygen atoms in total. The average Bonchev–Trinajstić information content (AvgIpc) is 2.33. The Balaban J connectivity index is 2.38. The summed E-state index contributed by atoms with van der Waals surface area (Å²) in [4.78, 5) is -0.565. The fourth-order valence-electron chi connectivity index (χ4n) is 1.51. The Kier molecular flexibility index (Phi) is 3.82. The van der Waals surface area contributed by atoms with E-state index in [0.717, 1.165) is 24.3 Å². The number of benzene rings is 2. The van der Waals surface area contributed by atoms with E-state index in [9.17, 15) is 17.2 Å². The lowest BCUT2D eigenvalue weighted by Gasteiger charge is -2.09. The van der Waals surface area contributed by atoms with Crippen molar-refractivity contribution in [3.63, 3.8) is 0 Å². The van der Waals surface area contributed by atoms with Gasteiger partial charge in [0.15, 0.2) is 0 Å². The lowest BCUT2D eigenvalue weighted by molar-refractivity contribution is 0.570. The van der Waals surface area contributed by atoms with Crippen LogP contribution in [-0.4, -0.2) is 8.42 Å². The van der Waals surface area contributed by atoms with Gasteiger partial charge in [0.2, 0.25) is 0 Å². The topological polar surface area (TPSA) is 72.2 Å². The fraction of sp³-hybridized carbons (Fsp3) is 0. The first kappa shape index (κ1) is 14.5. The third kappa shape index (κ3) is 3.00. The molecule has 0 aliphatic carbocycles. The van der Waals surface area contributed by atoms with Crippen molar-refractivity contribution in [3.05, 3.63) is 53.1 Å². The Bertz CT molecular complexity index is 766. The van der Waals surface area contributed by atoms with Crippen LogP contribution in [0.1, 0.15) is 0 Å². The summed E-state index contributed by atoms with van der Waals surface area (Å²) in [6, 6.07) is 6.45. The van der Waals surface area contributed by atoms with Crippen LogP contribution in [0.4, 0.5) is 20.2 Å². The monoisotopic (exact) mass is 318 g/mol. The third-order valence-electron chi connectivity index (χ3n) is 2.43. The van der Waals surface area contributed by atoms with E-state index in [1.807, 2.05) is 0 Å². The molecule has 8 heteroatoms. The number of nitrogens with two attached hydrogens (primary N) is 1. The van der Waals surface area contributed by atoms with E-state index in [1.54, 1.807) is 0 Å². The molecule has 0 aliphatic rings. The van der Waals surface area contributed by atoms with Crippen molar-refractivity contribution < 1.29 is 17.2 Å². The number of nitrogens with one attached hydrogen (secondary N) is 1. The van der Waals surface area contributed by atoms with Crippen molar-refractivity contribution in [3.8, 4) is 0 Å². The summed E-state index contributed by atoms with van der Waals surface area (Å²) in [6.45, 7) is 0. The molecule has 0 bridgehead atoms. The van der Waals surface area contributed by atoms with Crippen LogP contribution in [0.2, 0.25) is 5.02 Å². The van der Waals surface area contributed by atoms with Crippen molar-refractivity contribution >= 4 is 33.0 Å². The molecular formula is C12H9ClF2N2O2S. The van der Waals surface area contributed by atoms with Crippen molar-refractivity contribution in [2.45, 2.75) is 4.90 Å². The van der Waals surface area contributed by atoms with Gasteiger partial charge in [0, 0.05) is 5.02 Å². The van der Waals surface area contributed by atoms with E-state index in [2.05, 4.69) is 4.72 Å². The first-order chi connectivity index (χ1) is 9.29. The molecule has 0 saturated carbocycles. The molecule has 0 aliphatic heterocycles. The van der Waals surface area contributed by atoms with E-state index in [-0.39, 0.29) is 16.4 Å². The Morgan fingerprint density at radius 3 is 2.35 bits per heavy atom. The Hall–Kier alpha value is -1.86. The van der Waals surface area contributed by atoms with Gasteiger partial charge < -0.3 is 5.73 Å². The van der Waals surface area contributed by atoms with Crippen LogP contribution in [0.25, 0.3) is 0 Å². The molecule has 0 amide bonds. The summed E-state index contributed by atoms with van der Waals surface area (Å²) in [5, 5.41) is 0.0764. The molecule has 2 aromatic carbocycles. The molecule has 0 fully saturated rings. The second-order valence-corrected chi connectivity index (χ2v) is 6.00. The highest BCUT2D eigenvalue weighted by Gasteiger charge is 2.19. The highest BCUT2D eigenvalue weighted by atomic mass is 35.5. The maximum absolute atomic E-state index is 13.6. The van der Waals surface area contributed by atoms with Gasteiger partial charge in [-0.05, 0) is 36.4 Å². The number of hydrogen-bond donors (Lipinski definition) is 2. The van der Waals surface area contributed by atoms with Crippen LogP contribution in [0.15, 0.2) is 41.3 Å². The van der Waals surface area contributed by atoms with Crippen LogP contribution in [0, 0.1) is 11.6 Å². The number of rotatable bonds is 3. The van der Waals surface area contributed by atoms with Gasteiger partial charge in [-0.15, -0.1) is 0 Å². The van der Waals surface area contributed by atoms with E-state index < -0.39 is 26.6 Å². The number of sulfonamides is 1. The zero-order valence-electron chi connectivity index (χ0n) is 9.90. The second-order valence-electron chi connectivity index (χ2n) is 3.92. The van der Waals surface area contributed by atoms with Gasteiger partial charge in [-0.2, -0.15) is 0 Å². The van der Waals surface area contributed by atoms with Crippen LogP contribution < -0.4 is 10.5 Å². The molecule has 0 heterocycles. The first-order valence-corrected chi connectivity index (χ1v) is 7.18. The van der Waals surface area contributed by atoms with Crippen molar-refractivity contribution in [2.75, 3.05) is 10.5 Å². The Labute approximate surface area is 119 Å². The Morgan fingerprint density at radius 2 is 1.75 bits per heavy atom. The van der Waals surface area contributed by atoms with Gasteiger partial charge in [-0.1, -0.05) is 11.6 Å². The van der Waals surface area contributed by atoms with Crippen LogP contribution >= 0.6 is 11.6 Å². The van der Waals surface area contributed by atoms with Gasteiger partial charge in [0.25, 0.3) is 10.0 Å². The maximum atomic E-state index is 13.6. The SMILES string of the molecule is Nc1cc(NS(=O)(=O)c2ccc(Cl)cc2F)ccc1F. The predicted molar refractivity (Wildman–Crippen MR) is 73.0 cm³/mol. The molecule has 0 aromatic heterocycles. The van der Waals surface area contributed by atoms with Crippen LogP contribution in [0.5, 0.6) is 0 Å². The number of hydrogen-bond acceptors (Lipinski definition) is 3. The number of halogens is 3. The largest absolute Gasteiger partial charge is 0.396 e. The van der Waals surface area contributed by atoms with E-state index in [1.165, 1.54) is 12.1 Å². The fourth-order valence-corrected chi connectivity index (χ4v) is 2.78. The molecule has 0 radical (unpaired) electrons. The van der Waals surface area contributed by atoms with E-state index in [0.29, 0.717) is 0 Å². The van der Waals surface area contributed by atoms with E-state index in [4.69, 9.17) is 17.3 Å². The zero-order valence-corrected chi connectivity index (χ0v) is 11.5. The van der Waals surface area contributed by atoms with Crippen LogP contribution in [-0.2, 0) is 10.0 Å². The van der Waals surface area contributed by atoms with Gasteiger partial charge in [0.05, 0.1) is 11.4 Å². The van der Waals surface area contributed by atoms with Crippen molar-refractivity contribution in [1.29, 1.82) is 0 Å². The predicted octanol–water partition coefficient (Wildman–Crippen LogP) is 3.00. The summed E-state index contributed by atoms with van der Waals surface area (Å²) >= 11 is 5.55. The molecule has 106 valence electrons. The summed E-state index contributed by atoms with van der Waals surface area (Å²) in [5.41, 5.74) is 5.13. The molecule has 0 unspecified atom stereocenters. The summed E-state index contributed by atoms with van der Waals surface area (Å²) in [5.74, 6) is -1.66. The number of anilines is 2.